The van der Waals surface area contributed by atoms with E-state index in [4.69, 9.17) is 0 Å². The molecule has 0 saturated heterocycles. The summed E-state index contributed by atoms with van der Waals surface area (Å²) in [4.78, 5) is 12.7. The molecular weight excluding hydrogens is 388 g/mol. The molecule has 1 N–H and O–H groups in total. The van der Waals surface area contributed by atoms with Crippen LogP contribution in [0.1, 0.15) is 83.1 Å². The Kier molecular flexibility index (Phi) is 12.2. The number of carbonyl (C=O) groups is 1. The average molecular weight is 427 g/mol. The fourth-order valence-electron chi connectivity index (χ4n) is 3.02. The predicted molar refractivity (Wildman–Crippen MR) is 133 cm³/mol. The van der Waals surface area contributed by atoms with Crippen LogP contribution in [0.25, 0.3) is 0 Å². The van der Waals surface area contributed by atoms with E-state index in [1.165, 1.54) is 22.3 Å². The third-order valence-electron chi connectivity index (χ3n) is 4.84. The standard InChI is InChI=1S/C27H38O2S/c1-20(2)10-7-12-22(5)16-17-24-14-9-15-25(27(28)29)26(24)30-19-18-23(6)13-8-11-21(3)4/h9-11,14-16,18H,7-8,12-13,17,19H2,1-6H3,(H,28,29). The number of carboxylic acid groups (broad SMARTS) is 1. The van der Waals surface area contributed by atoms with Crippen molar-refractivity contribution in [1.29, 1.82) is 0 Å². The van der Waals surface area contributed by atoms with Gasteiger partial charge in [0.2, 0.25) is 0 Å². The second kappa shape index (κ2) is 14.1. The lowest BCUT2D eigenvalue weighted by molar-refractivity contribution is 0.0693. The van der Waals surface area contributed by atoms with Gasteiger partial charge in [0, 0.05) is 10.6 Å². The Hall–Kier alpha value is -2.00. The summed E-state index contributed by atoms with van der Waals surface area (Å²) in [5, 5.41) is 9.66. The predicted octanol–water partition coefficient (Wildman–Crippen LogP) is 8.40. The minimum Gasteiger partial charge on any atom is -0.478 e. The lowest BCUT2D eigenvalue weighted by Crippen LogP contribution is -2.02. The number of allylic oxidation sites excluding steroid dienone is 7. The highest BCUT2D eigenvalue weighted by Crippen LogP contribution is 2.29. The highest BCUT2D eigenvalue weighted by molar-refractivity contribution is 7.99. The van der Waals surface area contributed by atoms with Gasteiger partial charge in [0.1, 0.15) is 0 Å². The average Bonchev–Trinajstić information content (AvgIpc) is 2.66. The van der Waals surface area contributed by atoms with Crippen molar-refractivity contribution in [1.82, 2.24) is 0 Å². The largest absolute Gasteiger partial charge is 0.478 e. The van der Waals surface area contributed by atoms with Crippen LogP contribution in [-0.2, 0) is 6.42 Å². The lowest BCUT2D eigenvalue weighted by atomic mass is 10.0. The molecule has 3 heteroatoms. The molecule has 0 atom stereocenters. The van der Waals surface area contributed by atoms with Crippen LogP contribution in [0.5, 0.6) is 0 Å². The van der Waals surface area contributed by atoms with Crippen molar-refractivity contribution in [2.75, 3.05) is 5.75 Å². The quantitative estimate of drug-likeness (QED) is 0.269. The van der Waals surface area contributed by atoms with E-state index >= 15 is 0 Å². The van der Waals surface area contributed by atoms with E-state index in [-0.39, 0.29) is 0 Å². The van der Waals surface area contributed by atoms with Gasteiger partial charge < -0.3 is 5.11 Å². The van der Waals surface area contributed by atoms with Crippen LogP contribution in [0.3, 0.4) is 0 Å². The molecule has 0 unspecified atom stereocenters. The van der Waals surface area contributed by atoms with Crippen LogP contribution in [0.2, 0.25) is 0 Å². The Morgan fingerprint density at radius 2 is 1.43 bits per heavy atom. The van der Waals surface area contributed by atoms with Crippen molar-refractivity contribution in [3.63, 3.8) is 0 Å². The van der Waals surface area contributed by atoms with Crippen LogP contribution in [0.4, 0.5) is 0 Å². The first kappa shape index (κ1) is 26.0. The Balaban J connectivity index is 2.87. The first-order chi connectivity index (χ1) is 14.2. The van der Waals surface area contributed by atoms with Gasteiger partial charge in [0.05, 0.1) is 5.56 Å². The zero-order valence-electron chi connectivity index (χ0n) is 19.5. The molecule has 1 aromatic carbocycles. The molecule has 0 heterocycles. The molecular formula is C27H38O2S. The molecule has 0 bridgehead atoms. The smallest absolute Gasteiger partial charge is 0.336 e. The van der Waals surface area contributed by atoms with Gasteiger partial charge in [-0.25, -0.2) is 4.79 Å². The summed E-state index contributed by atoms with van der Waals surface area (Å²) in [6.45, 7) is 12.8. The fraction of sp³-hybridized carbons (Fsp3) is 0.444. The van der Waals surface area contributed by atoms with Crippen molar-refractivity contribution in [2.24, 2.45) is 0 Å². The highest BCUT2D eigenvalue weighted by atomic mass is 32.2. The Bertz CT molecular complexity index is 817. The van der Waals surface area contributed by atoms with Crippen molar-refractivity contribution in [3.8, 4) is 0 Å². The molecule has 0 aliphatic heterocycles. The molecule has 0 aliphatic rings. The van der Waals surface area contributed by atoms with Crippen LogP contribution in [-0.4, -0.2) is 16.8 Å². The second-order valence-corrected chi connectivity index (χ2v) is 9.39. The van der Waals surface area contributed by atoms with Gasteiger partial charge >= 0.3 is 5.97 Å². The highest BCUT2D eigenvalue weighted by Gasteiger charge is 2.13. The summed E-state index contributed by atoms with van der Waals surface area (Å²) in [6, 6.07) is 5.63. The summed E-state index contributed by atoms with van der Waals surface area (Å²) < 4.78 is 0. The maximum absolute atomic E-state index is 11.8. The molecule has 0 radical (unpaired) electrons. The van der Waals surface area contributed by atoms with Gasteiger partial charge in [0.25, 0.3) is 0 Å². The van der Waals surface area contributed by atoms with Gasteiger partial charge in [0.15, 0.2) is 0 Å². The van der Waals surface area contributed by atoms with Gasteiger partial charge in [-0.15, -0.1) is 11.8 Å². The molecule has 0 aliphatic carbocycles. The number of hydrogen-bond donors (Lipinski definition) is 1. The van der Waals surface area contributed by atoms with Crippen molar-refractivity contribution in [3.05, 3.63) is 75.9 Å². The first-order valence-corrected chi connectivity index (χ1v) is 11.7. The van der Waals surface area contributed by atoms with Crippen molar-refractivity contribution < 1.29 is 9.90 Å². The monoisotopic (exact) mass is 426 g/mol. The molecule has 30 heavy (non-hydrogen) atoms. The molecule has 0 aromatic heterocycles. The summed E-state index contributed by atoms with van der Waals surface area (Å²) in [5.74, 6) is -0.0610. The second-order valence-electron chi connectivity index (χ2n) is 8.36. The van der Waals surface area contributed by atoms with E-state index in [1.807, 2.05) is 6.07 Å². The maximum atomic E-state index is 11.8. The van der Waals surface area contributed by atoms with Crippen molar-refractivity contribution >= 4 is 17.7 Å². The van der Waals surface area contributed by atoms with Gasteiger partial charge in [-0.3, -0.25) is 0 Å². The Morgan fingerprint density at radius 3 is 1.97 bits per heavy atom. The van der Waals surface area contributed by atoms with E-state index in [1.54, 1.807) is 17.8 Å². The van der Waals surface area contributed by atoms with E-state index < -0.39 is 5.97 Å². The summed E-state index contributed by atoms with van der Waals surface area (Å²) in [6.07, 6.45) is 14.0. The number of aromatic carboxylic acids is 1. The molecule has 164 valence electrons. The Morgan fingerprint density at radius 1 is 0.867 bits per heavy atom. The van der Waals surface area contributed by atoms with Crippen LogP contribution in [0.15, 0.2) is 69.7 Å². The van der Waals surface area contributed by atoms with Gasteiger partial charge in [-0.2, -0.15) is 0 Å². The third-order valence-corrected chi connectivity index (χ3v) is 5.94. The molecule has 0 amide bonds. The minimum absolute atomic E-state index is 0.406. The third kappa shape index (κ3) is 10.7. The van der Waals surface area contributed by atoms with Gasteiger partial charge in [-0.1, -0.05) is 58.7 Å². The molecule has 0 spiro atoms. The van der Waals surface area contributed by atoms with Crippen molar-refractivity contribution in [2.45, 2.75) is 78.5 Å². The van der Waals surface area contributed by atoms with Crippen LogP contribution in [0, 0.1) is 0 Å². The number of carboxylic acids is 1. The van der Waals surface area contributed by atoms with E-state index in [0.29, 0.717) is 5.56 Å². The molecule has 0 saturated carbocycles. The zero-order chi connectivity index (χ0) is 22.5. The van der Waals surface area contributed by atoms with E-state index in [9.17, 15) is 9.90 Å². The van der Waals surface area contributed by atoms with Gasteiger partial charge in [-0.05, 0) is 85.3 Å². The summed E-state index contributed by atoms with van der Waals surface area (Å²) in [5.41, 5.74) is 6.89. The van der Waals surface area contributed by atoms with E-state index in [0.717, 1.165) is 48.3 Å². The topological polar surface area (TPSA) is 37.3 Å². The van der Waals surface area contributed by atoms with Crippen LogP contribution >= 0.6 is 11.8 Å². The first-order valence-electron chi connectivity index (χ1n) is 10.8. The molecule has 1 aromatic rings. The number of hydrogen-bond acceptors (Lipinski definition) is 2. The molecule has 0 fully saturated rings. The summed E-state index contributed by atoms with van der Waals surface area (Å²) in [7, 11) is 0. The SMILES string of the molecule is CC(C)=CCCC(C)=CCSc1c(CC=C(C)CCC=C(C)C)cccc1C(=O)O. The molecule has 2 nitrogen and oxygen atoms in total. The minimum atomic E-state index is -0.854. The fourth-order valence-corrected chi connectivity index (χ4v) is 4.20. The summed E-state index contributed by atoms with van der Waals surface area (Å²) >= 11 is 1.63. The number of rotatable bonds is 12. The normalized spacial score (nSPS) is 11.9. The lowest BCUT2D eigenvalue weighted by Gasteiger charge is -2.11. The number of thioether (sulfide) groups is 1. The van der Waals surface area contributed by atoms with E-state index in [2.05, 4.69) is 71.9 Å². The maximum Gasteiger partial charge on any atom is 0.336 e. The number of benzene rings is 1. The molecule has 1 rings (SSSR count). The van der Waals surface area contributed by atoms with Crippen LogP contribution < -0.4 is 0 Å². The Labute approximate surface area is 187 Å². The zero-order valence-corrected chi connectivity index (χ0v) is 20.4.